The second-order valence-electron chi connectivity index (χ2n) is 11.3. The van der Waals surface area contributed by atoms with Gasteiger partial charge < -0.3 is 29.9 Å². The standard InChI is InChI=1S/C21H20O6.C18H16O2/c1-26-20-11-14(5-9-18(20)24)3-7-16(22)13-17(23)8-4-15-6-10-19(25)21(12-15)27-2;19-18(20)11-3-6-16-15-8-7-12-4-1-2-5-13(12)14(15)9-10-17(16)18/h3-12,24-25H,13H2,1-2H3;1-2,4-5,7-10,19-20H,3,6,11H2/b7-3+,8-4+;. The molecule has 8 heteroatoms. The normalized spacial score (nSPS) is 13.7. The Bertz CT molecular complexity index is 1930. The zero-order valence-corrected chi connectivity index (χ0v) is 26.1. The molecule has 1 aliphatic carbocycles. The molecule has 4 N–H and O–H groups in total. The molecule has 5 aromatic carbocycles. The molecule has 0 atom stereocenters. The molecule has 0 aromatic heterocycles. The first-order valence-corrected chi connectivity index (χ1v) is 15.1. The van der Waals surface area contributed by atoms with Gasteiger partial charge in [-0.05, 0) is 87.5 Å². The number of aryl methyl sites for hydroxylation is 1. The van der Waals surface area contributed by atoms with E-state index >= 15 is 0 Å². The first-order valence-electron chi connectivity index (χ1n) is 15.1. The van der Waals surface area contributed by atoms with Crippen LogP contribution < -0.4 is 9.47 Å². The zero-order valence-electron chi connectivity index (χ0n) is 26.1. The predicted molar refractivity (Wildman–Crippen MR) is 183 cm³/mol. The number of aliphatic hydroxyl groups is 2. The molecule has 0 bridgehead atoms. The van der Waals surface area contributed by atoms with Crippen molar-refractivity contribution < 1.29 is 39.5 Å². The second-order valence-corrected chi connectivity index (χ2v) is 11.3. The minimum absolute atomic E-state index is 0.00662. The van der Waals surface area contributed by atoms with E-state index < -0.39 is 5.79 Å². The van der Waals surface area contributed by atoms with E-state index in [-0.39, 0.29) is 29.5 Å². The maximum atomic E-state index is 11.9. The molecule has 1 aliphatic rings. The highest BCUT2D eigenvalue weighted by molar-refractivity contribution is 6.11. The summed E-state index contributed by atoms with van der Waals surface area (Å²) in [4.78, 5) is 23.9. The zero-order chi connectivity index (χ0) is 33.6. The summed E-state index contributed by atoms with van der Waals surface area (Å²) < 4.78 is 10.00. The molecule has 5 aromatic rings. The lowest BCUT2D eigenvalue weighted by Crippen LogP contribution is -2.30. The number of carbonyl (C=O) groups excluding carboxylic acids is 2. The van der Waals surface area contributed by atoms with Crippen LogP contribution in [0.25, 0.3) is 33.7 Å². The van der Waals surface area contributed by atoms with Gasteiger partial charge in [0.2, 0.25) is 0 Å². The van der Waals surface area contributed by atoms with Crippen LogP contribution in [0.1, 0.15) is 41.5 Å². The van der Waals surface area contributed by atoms with Crippen LogP contribution >= 0.6 is 0 Å². The summed E-state index contributed by atoms with van der Waals surface area (Å²) in [7, 11) is 2.87. The van der Waals surface area contributed by atoms with Crippen LogP contribution in [0.3, 0.4) is 0 Å². The number of fused-ring (bicyclic) bond motifs is 5. The number of methoxy groups -OCH3 is 2. The molecule has 6 rings (SSSR count). The highest BCUT2D eigenvalue weighted by atomic mass is 16.5. The summed E-state index contributed by atoms with van der Waals surface area (Å²) in [5.41, 5.74) is 3.09. The molecule has 0 amide bonds. The Morgan fingerprint density at radius 2 is 1.30 bits per heavy atom. The van der Waals surface area contributed by atoms with Crippen molar-refractivity contribution in [1.82, 2.24) is 0 Å². The molecule has 0 saturated carbocycles. The fourth-order valence-electron chi connectivity index (χ4n) is 5.71. The van der Waals surface area contributed by atoms with Crippen LogP contribution in [0, 0.1) is 0 Å². The van der Waals surface area contributed by atoms with Gasteiger partial charge in [0.15, 0.2) is 40.4 Å². The second kappa shape index (κ2) is 14.3. The molecular weight excluding hydrogens is 596 g/mol. The van der Waals surface area contributed by atoms with Crippen LogP contribution in [0.2, 0.25) is 0 Å². The SMILES string of the molecule is COc1cc(/C=C/C(=O)CC(=O)/C=C/c2ccc(O)c(OC)c2)ccc1O.OC1(O)CCCc2c1ccc1c2ccc2ccccc21. The van der Waals surface area contributed by atoms with E-state index in [2.05, 4.69) is 24.3 Å². The summed E-state index contributed by atoms with van der Waals surface area (Å²) in [6.07, 6.45) is 7.58. The van der Waals surface area contributed by atoms with Crippen molar-refractivity contribution in [3.05, 3.63) is 119 Å². The number of carbonyl (C=O) groups is 2. The Labute approximate surface area is 272 Å². The first kappa shape index (κ1) is 32.9. The maximum Gasteiger partial charge on any atom is 0.190 e. The van der Waals surface area contributed by atoms with Crippen molar-refractivity contribution in [2.45, 2.75) is 31.5 Å². The van der Waals surface area contributed by atoms with E-state index in [1.54, 1.807) is 36.4 Å². The third-order valence-electron chi connectivity index (χ3n) is 8.10. The van der Waals surface area contributed by atoms with Gasteiger partial charge in [0.25, 0.3) is 0 Å². The molecule has 0 radical (unpaired) electrons. The molecule has 8 nitrogen and oxygen atoms in total. The number of hydrogen-bond donors (Lipinski definition) is 4. The predicted octanol–water partition coefficient (Wildman–Crippen LogP) is 6.84. The molecule has 0 fully saturated rings. The van der Waals surface area contributed by atoms with E-state index in [1.165, 1.54) is 54.7 Å². The third kappa shape index (κ3) is 7.69. The number of rotatable bonds is 8. The third-order valence-corrected chi connectivity index (χ3v) is 8.10. The van der Waals surface area contributed by atoms with Gasteiger partial charge >= 0.3 is 0 Å². The summed E-state index contributed by atoms with van der Waals surface area (Å²) in [5, 5.41) is 44.2. The van der Waals surface area contributed by atoms with Crippen LogP contribution in [-0.2, 0) is 21.8 Å². The molecule has 47 heavy (non-hydrogen) atoms. The Kier molecular flexibility index (Phi) is 10.0. The minimum Gasteiger partial charge on any atom is -0.504 e. The maximum absolute atomic E-state index is 11.9. The average Bonchev–Trinajstić information content (AvgIpc) is 3.07. The number of aromatic hydroxyl groups is 2. The first-order chi connectivity index (χ1) is 22.6. The lowest BCUT2D eigenvalue weighted by molar-refractivity contribution is -0.179. The Morgan fingerprint density at radius 3 is 1.89 bits per heavy atom. The van der Waals surface area contributed by atoms with Gasteiger partial charge in [-0.2, -0.15) is 0 Å². The van der Waals surface area contributed by atoms with Crippen molar-refractivity contribution in [2.24, 2.45) is 0 Å². The minimum atomic E-state index is -1.67. The van der Waals surface area contributed by atoms with Gasteiger partial charge in [0.05, 0.1) is 20.6 Å². The average molecular weight is 633 g/mol. The molecule has 0 saturated heterocycles. The molecule has 240 valence electrons. The number of allylic oxidation sites excluding steroid dienone is 2. The summed E-state index contributed by atoms with van der Waals surface area (Å²) in [6, 6.07) is 25.8. The summed E-state index contributed by atoms with van der Waals surface area (Å²) in [6.45, 7) is 0. The quantitative estimate of drug-likeness (QED) is 0.0633. The van der Waals surface area contributed by atoms with Gasteiger partial charge in [-0.25, -0.2) is 0 Å². The summed E-state index contributed by atoms with van der Waals surface area (Å²) in [5.74, 6) is -1.76. The largest absolute Gasteiger partial charge is 0.504 e. The smallest absolute Gasteiger partial charge is 0.190 e. The number of hydrogen-bond acceptors (Lipinski definition) is 8. The number of benzene rings is 5. The summed E-state index contributed by atoms with van der Waals surface area (Å²) >= 11 is 0. The van der Waals surface area contributed by atoms with Crippen molar-refractivity contribution in [1.29, 1.82) is 0 Å². The molecule has 0 heterocycles. The van der Waals surface area contributed by atoms with Crippen LogP contribution in [0.4, 0.5) is 0 Å². The van der Waals surface area contributed by atoms with Gasteiger partial charge in [0.1, 0.15) is 0 Å². The molecule has 0 aliphatic heterocycles. The monoisotopic (exact) mass is 632 g/mol. The van der Waals surface area contributed by atoms with Crippen LogP contribution in [0.5, 0.6) is 23.0 Å². The van der Waals surface area contributed by atoms with Crippen molar-refractivity contribution in [3.8, 4) is 23.0 Å². The highest BCUT2D eigenvalue weighted by Crippen LogP contribution is 2.39. The van der Waals surface area contributed by atoms with E-state index in [0.29, 0.717) is 34.6 Å². The fourth-order valence-corrected chi connectivity index (χ4v) is 5.71. The van der Waals surface area contributed by atoms with Gasteiger partial charge in [-0.1, -0.05) is 72.8 Å². The fraction of sp³-hybridized carbons (Fsp3) is 0.179. The number of phenolic OH excluding ortho intramolecular Hbond substituents is 2. The van der Waals surface area contributed by atoms with E-state index in [9.17, 15) is 30.0 Å². The lowest BCUT2D eigenvalue weighted by atomic mass is 9.83. The number of ketones is 2. The highest BCUT2D eigenvalue weighted by Gasteiger charge is 2.32. The van der Waals surface area contributed by atoms with Gasteiger partial charge in [0, 0.05) is 12.0 Å². The van der Waals surface area contributed by atoms with Gasteiger partial charge in [-0.15, -0.1) is 0 Å². The Morgan fingerprint density at radius 1 is 0.723 bits per heavy atom. The molecular formula is C39H36O8. The Hall–Kier alpha value is -5.44. The topological polar surface area (TPSA) is 134 Å². The van der Waals surface area contributed by atoms with E-state index in [0.717, 1.165) is 23.8 Å². The Balaban J connectivity index is 0.000000191. The molecule has 0 spiro atoms. The number of ether oxygens (including phenoxy) is 2. The van der Waals surface area contributed by atoms with Crippen molar-refractivity contribution in [3.63, 3.8) is 0 Å². The van der Waals surface area contributed by atoms with Crippen molar-refractivity contribution in [2.75, 3.05) is 14.2 Å². The van der Waals surface area contributed by atoms with Crippen LogP contribution in [-0.4, -0.2) is 46.2 Å². The van der Waals surface area contributed by atoms with E-state index in [1.807, 2.05) is 24.3 Å². The van der Waals surface area contributed by atoms with Crippen molar-refractivity contribution >= 4 is 45.3 Å². The van der Waals surface area contributed by atoms with Crippen LogP contribution in [0.15, 0.2) is 97.1 Å². The lowest BCUT2D eigenvalue weighted by Gasteiger charge is -2.30. The van der Waals surface area contributed by atoms with E-state index in [4.69, 9.17) is 9.47 Å². The van der Waals surface area contributed by atoms with Gasteiger partial charge in [-0.3, -0.25) is 9.59 Å². The molecule has 0 unspecified atom stereocenters. The number of phenols is 2.